The summed E-state index contributed by atoms with van der Waals surface area (Å²) in [5, 5.41) is 10.2. The molecule has 1 heterocycles. The van der Waals surface area contributed by atoms with E-state index in [0.717, 1.165) is 31.6 Å². The van der Waals surface area contributed by atoms with Gasteiger partial charge in [-0.25, -0.2) is 0 Å². The van der Waals surface area contributed by atoms with Crippen LogP contribution < -0.4 is 5.73 Å². The van der Waals surface area contributed by atoms with Crippen LogP contribution in [0.5, 0.6) is 0 Å². The van der Waals surface area contributed by atoms with Crippen LogP contribution in [0.2, 0.25) is 0 Å². The van der Waals surface area contributed by atoms with E-state index in [0.29, 0.717) is 12.6 Å². The smallest absolute Gasteiger partial charge is 0.0770 e. The number of hydrogen-bond acceptors (Lipinski definition) is 4. The summed E-state index contributed by atoms with van der Waals surface area (Å²) in [5.74, 6) is 0.858. The summed E-state index contributed by atoms with van der Waals surface area (Å²) in [6.07, 6.45) is 6.59. The van der Waals surface area contributed by atoms with Crippen molar-refractivity contribution in [1.82, 2.24) is 9.80 Å². The number of nitrogens with zero attached hydrogens (tertiary/aromatic N) is 2. The highest BCUT2D eigenvalue weighted by atomic mass is 16.3. The van der Waals surface area contributed by atoms with Gasteiger partial charge in [0, 0.05) is 19.1 Å². The number of likely N-dealkylation sites (tertiary alicyclic amines) is 1. The molecule has 0 aromatic rings. The van der Waals surface area contributed by atoms with Gasteiger partial charge in [0.15, 0.2) is 0 Å². The Morgan fingerprint density at radius 1 is 1.21 bits per heavy atom. The van der Waals surface area contributed by atoms with E-state index < -0.39 is 5.60 Å². The lowest BCUT2D eigenvalue weighted by molar-refractivity contribution is -0.0122. The van der Waals surface area contributed by atoms with Crippen LogP contribution in [0.25, 0.3) is 0 Å². The molecule has 1 saturated carbocycles. The maximum absolute atomic E-state index is 10.2. The van der Waals surface area contributed by atoms with Gasteiger partial charge in [-0.05, 0) is 71.6 Å². The second-order valence-corrected chi connectivity index (χ2v) is 6.85. The lowest BCUT2D eigenvalue weighted by Crippen LogP contribution is -2.47. The minimum Gasteiger partial charge on any atom is -0.389 e. The van der Waals surface area contributed by atoms with Crippen LogP contribution in [0.15, 0.2) is 0 Å². The van der Waals surface area contributed by atoms with Gasteiger partial charge < -0.3 is 20.6 Å². The van der Waals surface area contributed by atoms with Gasteiger partial charge in [-0.3, -0.25) is 0 Å². The van der Waals surface area contributed by atoms with Gasteiger partial charge in [-0.15, -0.1) is 0 Å². The molecule has 0 aromatic carbocycles. The molecule has 1 saturated heterocycles. The third-order valence-electron chi connectivity index (χ3n) is 5.27. The molecular weight excluding hydrogens is 238 g/mol. The molecule has 0 spiro atoms. The molecule has 0 amide bonds. The predicted molar refractivity (Wildman–Crippen MR) is 79.1 cm³/mol. The first-order valence-electron chi connectivity index (χ1n) is 7.84. The van der Waals surface area contributed by atoms with E-state index in [1.54, 1.807) is 0 Å². The van der Waals surface area contributed by atoms with Crippen LogP contribution >= 0.6 is 0 Å². The Kier molecular flexibility index (Phi) is 5.23. The average Bonchev–Trinajstić information content (AvgIpc) is 2.42. The minimum atomic E-state index is -0.578. The largest absolute Gasteiger partial charge is 0.389 e. The first-order valence-corrected chi connectivity index (χ1v) is 7.84. The third kappa shape index (κ3) is 4.15. The zero-order valence-corrected chi connectivity index (χ0v) is 12.6. The fourth-order valence-corrected chi connectivity index (χ4v) is 3.59. The standard InChI is InChI=1S/C15H31N3O/c1-17-9-5-13(6-10-17)11-18(2)14-3-7-15(19,12-16)8-4-14/h13-14,19H,3-12,16H2,1-2H3. The summed E-state index contributed by atoms with van der Waals surface area (Å²) >= 11 is 0. The van der Waals surface area contributed by atoms with Crippen LogP contribution in [0.4, 0.5) is 0 Å². The van der Waals surface area contributed by atoms with E-state index in [2.05, 4.69) is 23.9 Å². The Bertz CT molecular complexity index is 269. The summed E-state index contributed by atoms with van der Waals surface area (Å²) in [4.78, 5) is 4.96. The second-order valence-electron chi connectivity index (χ2n) is 6.85. The average molecular weight is 269 g/mol. The molecule has 0 atom stereocenters. The highest BCUT2D eigenvalue weighted by Gasteiger charge is 2.33. The summed E-state index contributed by atoms with van der Waals surface area (Å²) in [5.41, 5.74) is 5.07. The second kappa shape index (κ2) is 6.53. The summed E-state index contributed by atoms with van der Waals surface area (Å²) in [7, 11) is 4.48. The number of rotatable bonds is 4. The highest BCUT2D eigenvalue weighted by Crippen LogP contribution is 2.30. The molecule has 19 heavy (non-hydrogen) atoms. The lowest BCUT2D eigenvalue weighted by Gasteiger charge is -2.41. The molecule has 4 heteroatoms. The SMILES string of the molecule is CN1CCC(CN(C)C2CCC(O)(CN)CC2)CC1. The molecule has 2 aliphatic rings. The van der Waals surface area contributed by atoms with Crippen molar-refractivity contribution in [3.8, 4) is 0 Å². The van der Waals surface area contributed by atoms with Gasteiger partial charge in [0.1, 0.15) is 0 Å². The van der Waals surface area contributed by atoms with Gasteiger partial charge in [0.05, 0.1) is 5.60 Å². The van der Waals surface area contributed by atoms with Gasteiger partial charge in [0.25, 0.3) is 0 Å². The third-order valence-corrected chi connectivity index (χ3v) is 5.27. The van der Waals surface area contributed by atoms with Crippen molar-refractivity contribution in [2.45, 2.75) is 50.2 Å². The molecule has 2 rings (SSSR count). The van der Waals surface area contributed by atoms with Crippen LogP contribution in [-0.2, 0) is 0 Å². The number of hydrogen-bond donors (Lipinski definition) is 2. The maximum atomic E-state index is 10.2. The Labute approximate surface area is 117 Å². The van der Waals surface area contributed by atoms with Crippen LogP contribution in [0.3, 0.4) is 0 Å². The molecule has 112 valence electrons. The Morgan fingerprint density at radius 2 is 1.79 bits per heavy atom. The molecule has 2 fully saturated rings. The van der Waals surface area contributed by atoms with Crippen molar-refractivity contribution in [1.29, 1.82) is 0 Å². The van der Waals surface area contributed by atoms with Crippen molar-refractivity contribution < 1.29 is 5.11 Å². The lowest BCUT2D eigenvalue weighted by atomic mass is 9.81. The van der Waals surface area contributed by atoms with Crippen molar-refractivity contribution >= 4 is 0 Å². The van der Waals surface area contributed by atoms with E-state index in [4.69, 9.17) is 5.73 Å². The van der Waals surface area contributed by atoms with E-state index >= 15 is 0 Å². The zero-order chi connectivity index (χ0) is 13.9. The van der Waals surface area contributed by atoms with Crippen LogP contribution in [-0.4, -0.2) is 66.8 Å². The van der Waals surface area contributed by atoms with Crippen molar-refractivity contribution in [3.05, 3.63) is 0 Å². The molecule has 1 aliphatic heterocycles. The number of piperidine rings is 1. The first kappa shape index (κ1) is 15.2. The summed E-state index contributed by atoms with van der Waals surface area (Å²) < 4.78 is 0. The van der Waals surface area contributed by atoms with E-state index in [1.165, 1.54) is 32.5 Å². The molecule has 0 radical (unpaired) electrons. The molecule has 3 N–H and O–H groups in total. The molecule has 4 nitrogen and oxygen atoms in total. The predicted octanol–water partition coefficient (Wildman–Crippen LogP) is 0.892. The van der Waals surface area contributed by atoms with Crippen molar-refractivity contribution in [2.24, 2.45) is 11.7 Å². The quantitative estimate of drug-likeness (QED) is 0.796. The normalized spacial score (nSPS) is 34.9. The molecule has 0 unspecified atom stereocenters. The van der Waals surface area contributed by atoms with Gasteiger partial charge >= 0.3 is 0 Å². The molecule has 0 aromatic heterocycles. The van der Waals surface area contributed by atoms with Gasteiger partial charge in [-0.2, -0.15) is 0 Å². The topological polar surface area (TPSA) is 52.7 Å². The highest BCUT2D eigenvalue weighted by molar-refractivity contribution is 4.89. The van der Waals surface area contributed by atoms with E-state index in [1.807, 2.05) is 0 Å². The first-order chi connectivity index (χ1) is 9.02. The Hall–Kier alpha value is -0.160. The Morgan fingerprint density at radius 3 is 2.32 bits per heavy atom. The van der Waals surface area contributed by atoms with E-state index in [9.17, 15) is 5.11 Å². The van der Waals surface area contributed by atoms with Gasteiger partial charge in [0.2, 0.25) is 0 Å². The summed E-state index contributed by atoms with van der Waals surface area (Å²) in [6.45, 7) is 4.13. The molecule has 0 bridgehead atoms. The minimum absolute atomic E-state index is 0.415. The zero-order valence-electron chi connectivity index (χ0n) is 12.6. The molecule has 1 aliphatic carbocycles. The number of nitrogens with two attached hydrogens (primary N) is 1. The van der Waals surface area contributed by atoms with Crippen LogP contribution in [0.1, 0.15) is 38.5 Å². The van der Waals surface area contributed by atoms with Gasteiger partial charge in [-0.1, -0.05) is 0 Å². The summed E-state index contributed by atoms with van der Waals surface area (Å²) in [6, 6.07) is 0.645. The molecular formula is C15H31N3O. The van der Waals surface area contributed by atoms with E-state index in [-0.39, 0.29) is 0 Å². The van der Waals surface area contributed by atoms with Crippen molar-refractivity contribution in [2.75, 3.05) is 40.3 Å². The Balaban J connectivity index is 1.74. The number of aliphatic hydroxyl groups is 1. The maximum Gasteiger partial charge on any atom is 0.0770 e. The van der Waals surface area contributed by atoms with Crippen LogP contribution in [0, 0.1) is 5.92 Å². The monoisotopic (exact) mass is 269 g/mol. The fourth-order valence-electron chi connectivity index (χ4n) is 3.59. The fraction of sp³-hybridized carbons (Fsp3) is 1.00. The van der Waals surface area contributed by atoms with Crippen molar-refractivity contribution in [3.63, 3.8) is 0 Å².